The number of nitrogens with one attached hydrogen (secondary N) is 1. The second-order valence-electron chi connectivity index (χ2n) is 5.00. The van der Waals surface area contributed by atoms with Crippen molar-refractivity contribution in [2.45, 2.75) is 13.5 Å². The number of carbonyl (C=O) groups excluding carboxylic acids is 1. The van der Waals surface area contributed by atoms with E-state index in [1.807, 2.05) is 61.5 Å². The first kappa shape index (κ1) is 14.0. The number of carbonyl (C=O) groups is 1. The number of aryl methyl sites for hydroxylation is 1. The van der Waals surface area contributed by atoms with Crippen LogP contribution in [0, 0.1) is 6.92 Å². The molecule has 0 aliphatic rings. The number of para-hydroxylation sites is 1. The Morgan fingerprint density at radius 2 is 1.82 bits per heavy atom. The summed E-state index contributed by atoms with van der Waals surface area (Å²) in [5.41, 5.74) is 3.34. The topological polar surface area (TPSA) is 59.8 Å². The van der Waals surface area contributed by atoms with Crippen LogP contribution < -0.4 is 5.32 Å². The molecule has 0 aliphatic heterocycles. The Kier molecular flexibility index (Phi) is 3.96. The van der Waals surface area contributed by atoms with Gasteiger partial charge < -0.3 is 5.32 Å². The van der Waals surface area contributed by atoms with Gasteiger partial charge in [-0.05, 0) is 24.1 Å². The smallest absolute Gasteiger partial charge is 0.273 e. The first-order chi connectivity index (χ1) is 10.7. The molecule has 1 heterocycles. The number of benzene rings is 2. The molecule has 1 N–H and O–H groups in total. The van der Waals surface area contributed by atoms with Crippen LogP contribution in [0.1, 0.15) is 21.6 Å². The second-order valence-corrected chi connectivity index (χ2v) is 5.00. The molecule has 0 saturated carbocycles. The summed E-state index contributed by atoms with van der Waals surface area (Å²) >= 11 is 0. The van der Waals surface area contributed by atoms with Crippen molar-refractivity contribution < 1.29 is 4.79 Å². The Morgan fingerprint density at radius 1 is 1.09 bits per heavy atom. The van der Waals surface area contributed by atoms with Crippen molar-refractivity contribution in [3.05, 3.63) is 77.6 Å². The van der Waals surface area contributed by atoms with Crippen molar-refractivity contribution in [2.75, 3.05) is 0 Å². The van der Waals surface area contributed by atoms with E-state index in [-0.39, 0.29) is 5.91 Å². The molecule has 110 valence electrons. The van der Waals surface area contributed by atoms with Crippen molar-refractivity contribution in [3.63, 3.8) is 0 Å². The van der Waals surface area contributed by atoms with Gasteiger partial charge in [0.2, 0.25) is 0 Å². The molecule has 5 nitrogen and oxygen atoms in total. The lowest BCUT2D eigenvalue weighted by Crippen LogP contribution is -2.23. The third-order valence-electron chi connectivity index (χ3n) is 3.38. The van der Waals surface area contributed by atoms with E-state index in [9.17, 15) is 4.79 Å². The van der Waals surface area contributed by atoms with Gasteiger partial charge in [-0.3, -0.25) is 4.79 Å². The van der Waals surface area contributed by atoms with Gasteiger partial charge in [-0.25, -0.2) is 4.68 Å². The van der Waals surface area contributed by atoms with Gasteiger partial charge in [0.05, 0.1) is 11.9 Å². The Morgan fingerprint density at radius 3 is 2.59 bits per heavy atom. The minimum Gasteiger partial charge on any atom is -0.347 e. The predicted molar refractivity (Wildman–Crippen MR) is 83.7 cm³/mol. The largest absolute Gasteiger partial charge is 0.347 e. The molecule has 0 bridgehead atoms. The maximum atomic E-state index is 12.1. The third kappa shape index (κ3) is 3.03. The Balaban J connectivity index is 1.71. The molecular formula is C17H16N4O. The zero-order valence-electron chi connectivity index (χ0n) is 12.2. The van der Waals surface area contributed by atoms with Crippen LogP contribution in [0.2, 0.25) is 0 Å². The van der Waals surface area contributed by atoms with Crippen molar-refractivity contribution in [3.8, 4) is 5.69 Å². The molecule has 0 unspecified atom stereocenters. The predicted octanol–water partition coefficient (Wildman–Crippen LogP) is 2.51. The van der Waals surface area contributed by atoms with Gasteiger partial charge in [0.1, 0.15) is 0 Å². The summed E-state index contributed by atoms with van der Waals surface area (Å²) in [6.45, 7) is 2.46. The lowest BCUT2D eigenvalue weighted by molar-refractivity contribution is 0.0946. The van der Waals surface area contributed by atoms with Crippen LogP contribution in [-0.4, -0.2) is 20.9 Å². The molecule has 0 fully saturated rings. The molecule has 1 amide bonds. The normalized spacial score (nSPS) is 10.4. The summed E-state index contributed by atoms with van der Waals surface area (Å²) in [4.78, 5) is 12.1. The number of amides is 1. The van der Waals surface area contributed by atoms with Crippen LogP contribution in [0.25, 0.3) is 5.69 Å². The standard InChI is InChI=1S/C17H16N4O/c1-13-7-5-6-10-16(13)21-12-15(19-20-21)17(22)18-11-14-8-3-2-4-9-14/h2-10,12H,11H2,1H3,(H,18,22). The summed E-state index contributed by atoms with van der Waals surface area (Å²) in [7, 11) is 0. The molecule has 0 spiro atoms. The summed E-state index contributed by atoms with van der Waals surface area (Å²) < 4.78 is 1.62. The van der Waals surface area contributed by atoms with Gasteiger partial charge in [-0.2, -0.15) is 0 Å². The summed E-state index contributed by atoms with van der Waals surface area (Å²) in [5.74, 6) is -0.233. The van der Waals surface area contributed by atoms with E-state index in [1.165, 1.54) is 0 Å². The van der Waals surface area contributed by atoms with Crippen LogP contribution in [0.4, 0.5) is 0 Å². The van der Waals surface area contributed by atoms with Gasteiger partial charge in [-0.1, -0.05) is 53.7 Å². The molecule has 0 saturated heterocycles. The monoisotopic (exact) mass is 292 g/mol. The minimum absolute atomic E-state index is 0.233. The fourth-order valence-corrected chi connectivity index (χ4v) is 2.17. The number of rotatable bonds is 4. The Labute approximate surface area is 128 Å². The molecule has 0 atom stereocenters. The van der Waals surface area contributed by atoms with Crippen molar-refractivity contribution in [1.29, 1.82) is 0 Å². The van der Waals surface area contributed by atoms with Crippen LogP contribution in [0.5, 0.6) is 0 Å². The Hall–Kier alpha value is -2.95. The van der Waals surface area contributed by atoms with Gasteiger partial charge in [0.15, 0.2) is 5.69 Å². The molecule has 0 radical (unpaired) electrons. The summed E-state index contributed by atoms with van der Waals surface area (Å²) in [6.07, 6.45) is 1.64. The third-order valence-corrected chi connectivity index (χ3v) is 3.38. The van der Waals surface area contributed by atoms with E-state index in [0.29, 0.717) is 12.2 Å². The van der Waals surface area contributed by atoms with E-state index in [0.717, 1.165) is 16.8 Å². The van der Waals surface area contributed by atoms with Gasteiger partial charge in [0.25, 0.3) is 5.91 Å². The van der Waals surface area contributed by atoms with Gasteiger partial charge >= 0.3 is 0 Å². The average Bonchev–Trinajstić information content (AvgIpc) is 3.04. The lowest BCUT2D eigenvalue weighted by Gasteiger charge is -2.03. The SMILES string of the molecule is Cc1ccccc1-n1cc(C(=O)NCc2ccccc2)nn1. The number of aromatic nitrogens is 3. The molecule has 2 aromatic carbocycles. The highest BCUT2D eigenvalue weighted by molar-refractivity contribution is 5.91. The fourth-order valence-electron chi connectivity index (χ4n) is 2.17. The lowest BCUT2D eigenvalue weighted by atomic mass is 10.2. The molecule has 1 aromatic heterocycles. The zero-order chi connectivity index (χ0) is 15.4. The maximum Gasteiger partial charge on any atom is 0.273 e. The summed E-state index contributed by atoms with van der Waals surface area (Å²) in [5, 5.41) is 10.8. The summed E-state index contributed by atoms with van der Waals surface area (Å²) in [6, 6.07) is 17.6. The second kappa shape index (κ2) is 6.22. The average molecular weight is 292 g/mol. The zero-order valence-corrected chi connectivity index (χ0v) is 12.2. The first-order valence-electron chi connectivity index (χ1n) is 7.04. The number of hydrogen-bond acceptors (Lipinski definition) is 3. The van der Waals surface area contributed by atoms with E-state index < -0.39 is 0 Å². The van der Waals surface area contributed by atoms with E-state index in [1.54, 1.807) is 10.9 Å². The molecule has 5 heteroatoms. The molecule has 3 aromatic rings. The molecule has 0 aliphatic carbocycles. The van der Waals surface area contributed by atoms with Crippen LogP contribution in [0.3, 0.4) is 0 Å². The van der Waals surface area contributed by atoms with Crippen LogP contribution in [-0.2, 0) is 6.54 Å². The highest BCUT2D eigenvalue weighted by atomic mass is 16.2. The number of hydrogen-bond donors (Lipinski definition) is 1. The van der Waals surface area contributed by atoms with Gasteiger partial charge in [0, 0.05) is 6.54 Å². The van der Waals surface area contributed by atoms with Gasteiger partial charge in [-0.15, -0.1) is 5.10 Å². The van der Waals surface area contributed by atoms with E-state index >= 15 is 0 Å². The number of nitrogens with zero attached hydrogens (tertiary/aromatic N) is 3. The molecule has 3 rings (SSSR count). The molecule has 22 heavy (non-hydrogen) atoms. The minimum atomic E-state index is -0.233. The highest BCUT2D eigenvalue weighted by Crippen LogP contribution is 2.12. The quantitative estimate of drug-likeness (QED) is 0.803. The molecular weight excluding hydrogens is 276 g/mol. The van der Waals surface area contributed by atoms with Crippen molar-refractivity contribution >= 4 is 5.91 Å². The highest BCUT2D eigenvalue weighted by Gasteiger charge is 2.11. The Bertz CT molecular complexity index is 780. The van der Waals surface area contributed by atoms with Crippen LogP contribution in [0.15, 0.2) is 60.8 Å². The van der Waals surface area contributed by atoms with Crippen molar-refractivity contribution in [2.24, 2.45) is 0 Å². The fraction of sp³-hybridized carbons (Fsp3) is 0.118. The maximum absolute atomic E-state index is 12.1. The van der Waals surface area contributed by atoms with E-state index in [4.69, 9.17) is 0 Å². The van der Waals surface area contributed by atoms with Crippen LogP contribution >= 0.6 is 0 Å². The van der Waals surface area contributed by atoms with Crippen molar-refractivity contribution in [1.82, 2.24) is 20.3 Å². The van der Waals surface area contributed by atoms with E-state index in [2.05, 4.69) is 15.6 Å². The first-order valence-corrected chi connectivity index (χ1v) is 7.04.